The number of hydrogen-bond acceptors (Lipinski definition) is 2. The molecule has 0 radical (unpaired) electrons. The van der Waals surface area contributed by atoms with Crippen LogP contribution in [0.25, 0.3) is 0 Å². The largest absolute Gasteiger partial charge is 0.355 e. The highest BCUT2D eigenvalue weighted by molar-refractivity contribution is 5.85. The van der Waals surface area contributed by atoms with Crippen LogP contribution < -0.4 is 11.1 Å². The van der Waals surface area contributed by atoms with E-state index >= 15 is 0 Å². The van der Waals surface area contributed by atoms with Gasteiger partial charge in [-0.1, -0.05) is 27.2 Å². The molecule has 0 aromatic carbocycles. The average Bonchev–Trinajstić information content (AvgIpc) is 2.01. The van der Waals surface area contributed by atoms with E-state index in [9.17, 15) is 4.79 Å². The molecule has 1 atom stereocenters. The summed E-state index contributed by atoms with van der Waals surface area (Å²) < 4.78 is 0. The molecule has 0 bridgehead atoms. The Kier molecular flexibility index (Phi) is 9.07. The van der Waals surface area contributed by atoms with Gasteiger partial charge in [0, 0.05) is 6.54 Å². The molecule has 0 aliphatic carbocycles. The number of carbonyl (C=O) groups is 1. The summed E-state index contributed by atoms with van der Waals surface area (Å²) in [5, 5.41) is 2.80. The topological polar surface area (TPSA) is 55.1 Å². The minimum absolute atomic E-state index is 0. The minimum atomic E-state index is -0.391. The van der Waals surface area contributed by atoms with E-state index in [1.807, 2.05) is 0 Å². The van der Waals surface area contributed by atoms with Crippen LogP contribution in [-0.2, 0) is 4.79 Å². The van der Waals surface area contributed by atoms with Crippen LogP contribution in [0.4, 0.5) is 0 Å². The summed E-state index contributed by atoms with van der Waals surface area (Å²) in [7, 11) is 0. The Labute approximate surface area is 99.6 Å². The van der Waals surface area contributed by atoms with Gasteiger partial charge in [-0.3, -0.25) is 4.79 Å². The molecule has 3 N–H and O–H groups in total. The number of amides is 1. The number of carbonyl (C=O) groups excluding carboxylic acids is 1. The van der Waals surface area contributed by atoms with Crippen LogP contribution in [0.2, 0.25) is 0 Å². The van der Waals surface area contributed by atoms with Crippen molar-refractivity contribution in [2.24, 2.45) is 11.1 Å². The van der Waals surface area contributed by atoms with Crippen molar-refractivity contribution in [2.45, 2.75) is 53.0 Å². The fourth-order valence-corrected chi connectivity index (χ4v) is 1.15. The zero-order chi connectivity index (χ0) is 11.2. The minimum Gasteiger partial charge on any atom is -0.355 e. The van der Waals surface area contributed by atoms with Gasteiger partial charge in [-0.2, -0.15) is 0 Å². The molecular weight excluding hydrogens is 212 g/mol. The quantitative estimate of drug-likeness (QED) is 0.719. The Morgan fingerprint density at radius 1 is 1.33 bits per heavy atom. The molecule has 0 fully saturated rings. The van der Waals surface area contributed by atoms with Crippen LogP contribution in [0.1, 0.15) is 47.0 Å². The molecule has 0 saturated carbocycles. The van der Waals surface area contributed by atoms with E-state index in [1.165, 1.54) is 6.42 Å². The van der Waals surface area contributed by atoms with Crippen LogP contribution in [-0.4, -0.2) is 18.5 Å². The van der Waals surface area contributed by atoms with Gasteiger partial charge in [-0.05, 0) is 25.2 Å². The van der Waals surface area contributed by atoms with Crippen LogP contribution in [0.15, 0.2) is 0 Å². The van der Waals surface area contributed by atoms with Gasteiger partial charge >= 0.3 is 0 Å². The summed E-state index contributed by atoms with van der Waals surface area (Å²) in [5.74, 6) is -0.0549. The SMILES string of the molecule is C[C@H](N)C(=O)NCCCCC(C)(C)C.Cl. The Morgan fingerprint density at radius 2 is 1.87 bits per heavy atom. The third-order valence-electron chi connectivity index (χ3n) is 2.07. The Morgan fingerprint density at radius 3 is 2.27 bits per heavy atom. The van der Waals surface area contributed by atoms with Gasteiger partial charge in [0.05, 0.1) is 6.04 Å². The van der Waals surface area contributed by atoms with E-state index in [4.69, 9.17) is 5.73 Å². The molecule has 0 spiro atoms. The highest BCUT2D eigenvalue weighted by Crippen LogP contribution is 2.20. The van der Waals surface area contributed by atoms with E-state index in [-0.39, 0.29) is 18.3 Å². The third-order valence-corrected chi connectivity index (χ3v) is 2.07. The normalized spacial score (nSPS) is 12.9. The Bertz CT molecular complexity index is 176. The van der Waals surface area contributed by atoms with Crippen molar-refractivity contribution >= 4 is 18.3 Å². The Hall–Kier alpha value is -0.280. The van der Waals surface area contributed by atoms with Crippen molar-refractivity contribution in [2.75, 3.05) is 6.54 Å². The van der Waals surface area contributed by atoms with Crippen molar-refractivity contribution in [3.05, 3.63) is 0 Å². The first-order valence-corrected chi connectivity index (χ1v) is 5.36. The lowest BCUT2D eigenvalue weighted by atomic mass is 9.90. The maximum Gasteiger partial charge on any atom is 0.236 e. The van der Waals surface area contributed by atoms with Crippen LogP contribution in [0.5, 0.6) is 0 Å². The molecule has 0 heterocycles. The standard InChI is InChI=1S/C11H24N2O.ClH/c1-9(12)10(14)13-8-6-5-7-11(2,3)4;/h9H,5-8,12H2,1-4H3,(H,13,14);1H/t9-;/m0./s1. The van der Waals surface area contributed by atoms with Gasteiger partial charge in [-0.15, -0.1) is 12.4 Å². The molecule has 0 saturated heterocycles. The zero-order valence-electron chi connectivity index (χ0n) is 10.3. The van der Waals surface area contributed by atoms with Gasteiger partial charge in [0.2, 0.25) is 5.91 Å². The summed E-state index contributed by atoms with van der Waals surface area (Å²) in [5.41, 5.74) is 5.80. The fourth-order valence-electron chi connectivity index (χ4n) is 1.15. The highest BCUT2D eigenvalue weighted by Gasteiger charge is 2.09. The number of unbranched alkanes of at least 4 members (excludes halogenated alkanes) is 1. The smallest absolute Gasteiger partial charge is 0.236 e. The average molecular weight is 237 g/mol. The molecule has 1 amide bonds. The van der Waals surface area contributed by atoms with Crippen molar-refractivity contribution in [3.63, 3.8) is 0 Å². The molecule has 0 aromatic rings. The molecule has 3 nitrogen and oxygen atoms in total. The van der Waals surface area contributed by atoms with Crippen LogP contribution >= 0.6 is 12.4 Å². The van der Waals surface area contributed by atoms with E-state index < -0.39 is 6.04 Å². The van der Waals surface area contributed by atoms with Gasteiger partial charge in [-0.25, -0.2) is 0 Å². The predicted molar refractivity (Wildman–Crippen MR) is 67.2 cm³/mol. The molecular formula is C11H25ClN2O. The molecule has 92 valence electrons. The van der Waals surface area contributed by atoms with Gasteiger partial charge < -0.3 is 11.1 Å². The monoisotopic (exact) mass is 236 g/mol. The van der Waals surface area contributed by atoms with Gasteiger partial charge in [0.25, 0.3) is 0 Å². The zero-order valence-corrected chi connectivity index (χ0v) is 11.1. The molecule has 0 unspecified atom stereocenters. The maximum atomic E-state index is 11.1. The van der Waals surface area contributed by atoms with Crippen molar-refractivity contribution < 1.29 is 4.79 Å². The summed E-state index contributed by atoms with van der Waals surface area (Å²) >= 11 is 0. The van der Waals surface area contributed by atoms with Crippen LogP contribution in [0.3, 0.4) is 0 Å². The number of hydrogen-bond donors (Lipinski definition) is 2. The number of nitrogens with two attached hydrogens (primary N) is 1. The Balaban J connectivity index is 0. The molecule has 4 heteroatoms. The van der Waals surface area contributed by atoms with Crippen molar-refractivity contribution in [1.82, 2.24) is 5.32 Å². The first kappa shape index (κ1) is 17.1. The molecule has 15 heavy (non-hydrogen) atoms. The number of nitrogens with one attached hydrogen (secondary N) is 1. The summed E-state index contributed by atoms with van der Waals surface area (Å²) in [6.45, 7) is 9.13. The lowest BCUT2D eigenvalue weighted by Gasteiger charge is -2.17. The summed E-state index contributed by atoms with van der Waals surface area (Å²) in [6.07, 6.45) is 3.39. The molecule has 0 aliphatic rings. The van der Waals surface area contributed by atoms with Crippen molar-refractivity contribution in [3.8, 4) is 0 Å². The fraction of sp³-hybridized carbons (Fsp3) is 0.909. The molecule has 0 aromatic heterocycles. The molecule has 0 rings (SSSR count). The van der Waals surface area contributed by atoms with E-state index in [0.717, 1.165) is 19.4 Å². The maximum absolute atomic E-state index is 11.1. The second-order valence-electron chi connectivity index (χ2n) is 5.10. The van der Waals surface area contributed by atoms with E-state index in [1.54, 1.807) is 6.92 Å². The van der Waals surface area contributed by atoms with Crippen molar-refractivity contribution in [1.29, 1.82) is 0 Å². The lowest BCUT2D eigenvalue weighted by Crippen LogP contribution is -2.38. The number of rotatable bonds is 5. The first-order valence-electron chi connectivity index (χ1n) is 5.36. The van der Waals surface area contributed by atoms with E-state index in [0.29, 0.717) is 5.41 Å². The predicted octanol–water partition coefficient (Wildman–Crippen LogP) is 2.09. The first-order chi connectivity index (χ1) is 6.33. The van der Waals surface area contributed by atoms with Gasteiger partial charge in [0.15, 0.2) is 0 Å². The van der Waals surface area contributed by atoms with E-state index in [2.05, 4.69) is 26.1 Å². The lowest BCUT2D eigenvalue weighted by molar-refractivity contribution is -0.121. The summed E-state index contributed by atoms with van der Waals surface area (Å²) in [6, 6.07) is -0.391. The second-order valence-corrected chi connectivity index (χ2v) is 5.10. The molecule has 0 aliphatic heterocycles. The summed E-state index contributed by atoms with van der Waals surface area (Å²) in [4.78, 5) is 11.1. The second kappa shape index (κ2) is 7.94. The third kappa shape index (κ3) is 11.6. The highest BCUT2D eigenvalue weighted by atomic mass is 35.5. The number of halogens is 1. The van der Waals surface area contributed by atoms with Gasteiger partial charge in [0.1, 0.15) is 0 Å². The van der Waals surface area contributed by atoms with Crippen LogP contribution in [0, 0.1) is 5.41 Å².